The SMILES string of the molecule is COC(=O)/C=C/c1c(OCc2ccc(F)cc2)ccc(C)[n+]1[O-]. The summed E-state index contributed by atoms with van der Waals surface area (Å²) in [5, 5.41) is 12.1. The van der Waals surface area contributed by atoms with Crippen LogP contribution in [0.5, 0.6) is 5.75 Å². The van der Waals surface area contributed by atoms with Crippen LogP contribution in [-0.2, 0) is 16.1 Å². The Bertz CT molecular complexity index is 726. The topological polar surface area (TPSA) is 62.5 Å². The van der Waals surface area contributed by atoms with Crippen molar-refractivity contribution in [3.05, 3.63) is 70.5 Å². The molecule has 23 heavy (non-hydrogen) atoms. The van der Waals surface area contributed by atoms with Gasteiger partial charge in [0.2, 0.25) is 0 Å². The molecule has 0 unspecified atom stereocenters. The van der Waals surface area contributed by atoms with E-state index in [-0.39, 0.29) is 18.1 Å². The van der Waals surface area contributed by atoms with Crippen molar-refractivity contribution in [2.75, 3.05) is 7.11 Å². The van der Waals surface area contributed by atoms with Gasteiger partial charge in [-0.1, -0.05) is 12.1 Å². The summed E-state index contributed by atoms with van der Waals surface area (Å²) in [6.45, 7) is 1.81. The molecule has 0 saturated heterocycles. The molecule has 0 aliphatic rings. The fourth-order valence-corrected chi connectivity index (χ4v) is 1.87. The summed E-state index contributed by atoms with van der Waals surface area (Å²) in [5.74, 6) is -0.589. The van der Waals surface area contributed by atoms with Gasteiger partial charge in [-0.25, -0.2) is 9.18 Å². The number of nitrogens with zero attached hydrogens (tertiary/aromatic N) is 1. The normalized spacial score (nSPS) is 10.7. The molecule has 6 heteroatoms. The Kier molecular flexibility index (Phi) is 5.30. The van der Waals surface area contributed by atoms with Gasteiger partial charge in [0.25, 0.3) is 5.69 Å². The first-order valence-corrected chi connectivity index (χ1v) is 6.87. The van der Waals surface area contributed by atoms with E-state index in [0.717, 1.165) is 11.6 Å². The Morgan fingerprint density at radius 2 is 1.96 bits per heavy atom. The monoisotopic (exact) mass is 317 g/mol. The molecule has 0 N–H and O–H groups in total. The van der Waals surface area contributed by atoms with Crippen LogP contribution in [0.4, 0.5) is 4.39 Å². The quantitative estimate of drug-likeness (QED) is 0.368. The van der Waals surface area contributed by atoms with Crippen LogP contribution in [0.15, 0.2) is 42.5 Å². The highest BCUT2D eigenvalue weighted by molar-refractivity contribution is 5.86. The van der Waals surface area contributed by atoms with E-state index in [1.54, 1.807) is 31.2 Å². The number of aryl methyl sites for hydroxylation is 1. The second-order valence-corrected chi connectivity index (χ2v) is 4.79. The molecule has 2 aromatic rings. The van der Waals surface area contributed by atoms with E-state index in [2.05, 4.69) is 4.74 Å². The lowest BCUT2D eigenvalue weighted by atomic mass is 10.2. The first-order valence-electron chi connectivity index (χ1n) is 6.87. The molecule has 0 atom stereocenters. The Balaban J connectivity index is 2.23. The Morgan fingerprint density at radius 1 is 1.26 bits per heavy atom. The van der Waals surface area contributed by atoms with Crippen LogP contribution in [0.1, 0.15) is 17.0 Å². The number of halogens is 1. The molecule has 120 valence electrons. The lowest BCUT2D eigenvalue weighted by Crippen LogP contribution is -2.34. The molecule has 0 aliphatic carbocycles. The van der Waals surface area contributed by atoms with Crippen LogP contribution in [0.3, 0.4) is 0 Å². The number of pyridine rings is 1. The minimum Gasteiger partial charge on any atom is -0.618 e. The van der Waals surface area contributed by atoms with Crippen molar-refractivity contribution in [1.82, 2.24) is 0 Å². The molecule has 0 amide bonds. The molecule has 1 aromatic heterocycles. The van der Waals surface area contributed by atoms with Gasteiger partial charge in [0.1, 0.15) is 12.4 Å². The second kappa shape index (κ2) is 7.40. The van der Waals surface area contributed by atoms with Crippen molar-refractivity contribution in [1.29, 1.82) is 0 Å². The van der Waals surface area contributed by atoms with E-state index < -0.39 is 5.97 Å². The molecule has 1 aromatic carbocycles. The van der Waals surface area contributed by atoms with Gasteiger partial charge in [-0.2, -0.15) is 4.73 Å². The Morgan fingerprint density at radius 3 is 2.61 bits per heavy atom. The minimum absolute atomic E-state index is 0.169. The van der Waals surface area contributed by atoms with Crippen molar-refractivity contribution in [2.45, 2.75) is 13.5 Å². The third-order valence-electron chi connectivity index (χ3n) is 3.15. The number of carbonyl (C=O) groups excluding carboxylic acids is 1. The third kappa shape index (κ3) is 4.29. The van der Waals surface area contributed by atoms with Crippen LogP contribution in [0.2, 0.25) is 0 Å². The molecule has 0 radical (unpaired) electrons. The highest BCUT2D eigenvalue weighted by Gasteiger charge is 2.14. The molecular formula is C17H16FNO4. The van der Waals surface area contributed by atoms with Crippen molar-refractivity contribution in [3.8, 4) is 5.75 Å². The number of benzene rings is 1. The smallest absolute Gasteiger partial charge is 0.330 e. The van der Waals surface area contributed by atoms with Crippen molar-refractivity contribution < 1.29 is 23.4 Å². The zero-order chi connectivity index (χ0) is 16.8. The molecular weight excluding hydrogens is 301 g/mol. The molecule has 1 heterocycles. The number of methoxy groups -OCH3 is 1. The average molecular weight is 317 g/mol. The summed E-state index contributed by atoms with van der Waals surface area (Å²) in [4.78, 5) is 11.2. The van der Waals surface area contributed by atoms with Gasteiger partial charge >= 0.3 is 5.97 Å². The zero-order valence-corrected chi connectivity index (χ0v) is 12.8. The van der Waals surface area contributed by atoms with Gasteiger partial charge in [0.05, 0.1) is 7.11 Å². The molecule has 0 fully saturated rings. The maximum absolute atomic E-state index is 12.9. The van der Waals surface area contributed by atoms with Gasteiger partial charge in [-0.05, 0) is 23.8 Å². The van der Waals surface area contributed by atoms with E-state index in [4.69, 9.17) is 4.74 Å². The van der Waals surface area contributed by atoms with Gasteiger partial charge in [0.15, 0.2) is 11.4 Å². The predicted octanol–water partition coefficient (Wildman–Crippen LogP) is 2.53. The second-order valence-electron chi connectivity index (χ2n) is 4.79. The largest absolute Gasteiger partial charge is 0.618 e. The number of carbonyl (C=O) groups is 1. The summed E-state index contributed by atoms with van der Waals surface area (Å²) in [7, 11) is 1.25. The van der Waals surface area contributed by atoms with Gasteiger partial charge in [-0.15, -0.1) is 0 Å². The van der Waals surface area contributed by atoms with Crippen LogP contribution in [-0.4, -0.2) is 13.1 Å². The maximum atomic E-state index is 12.9. The lowest BCUT2D eigenvalue weighted by molar-refractivity contribution is -0.614. The third-order valence-corrected chi connectivity index (χ3v) is 3.15. The molecule has 0 saturated carbocycles. The fourth-order valence-electron chi connectivity index (χ4n) is 1.87. The summed E-state index contributed by atoms with van der Waals surface area (Å²) in [5.41, 5.74) is 1.41. The van der Waals surface area contributed by atoms with Gasteiger partial charge in [0, 0.05) is 25.1 Å². The number of esters is 1. The van der Waals surface area contributed by atoms with E-state index in [1.807, 2.05) is 0 Å². The van der Waals surface area contributed by atoms with E-state index in [0.29, 0.717) is 16.2 Å². The number of hydrogen-bond donors (Lipinski definition) is 0. The Hall–Kier alpha value is -2.89. The number of rotatable bonds is 5. The molecule has 2 rings (SSSR count). The summed E-state index contributed by atoms with van der Waals surface area (Å²) >= 11 is 0. The zero-order valence-electron chi connectivity index (χ0n) is 12.8. The van der Waals surface area contributed by atoms with Crippen molar-refractivity contribution in [2.24, 2.45) is 0 Å². The molecule has 0 spiro atoms. The van der Waals surface area contributed by atoms with E-state index >= 15 is 0 Å². The maximum Gasteiger partial charge on any atom is 0.330 e. The Labute approximate surface area is 133 Å². The lowest BCUT2D eigenvalue weighted by Gasteiger charge is -2.11. The predicted molar refractivity (Wildman–Crippen MR) is 81.9 cm³/mol. The number of aromatic nitrogens is 1. The van der Waals surface area contributed by atoms with Crippen LogP contribution >= 0.6 is 0 Å². The van der Waals surface area contributed by atoms with Gasteiger partial charge in [-0.3, -0.25) is 0 Å². The van der Waals surface area contributed by atoms with Crippen LogP contribution < -0.4 is 9.47 Å². The molecule has 5 nitrogen and oxygen atoms in total. The molecule has 0 aliphatic heterocycles. The number of hydrogen-bond acceptors (Lipinski definition) is 4. The highest BCUT2D eigenvalue weighted by atomic mass is 19.1. The number of ether oxygens (including phenoxy) is 2. The first-order chi connectivity index (χ1) is 11.0. The van der Waals surface area contributed by atoms with Crippen LogP contribution in [0, 0.1) is 17.9 Å². The highest BCUT2D eigenvalue weighted by Crippen LogP contribution is 2.19. The fraction of sp³-hybridized carbons (Fsp3) is 0.176. The minimum atomic E-state index is -0.573. The first kappa shape index (κ1) is 16.5. The van der Waals surface area contributed by atoms with Crippen molar-refractivity contribution >= 4 is 12.0 Å². The van der Waals surface area contributed by atoms with Crippen molar-refractivity contribution in [3.63, 3.8) is 0 Å². The van der Waals surface area contributed by atoms with Crippen LogP contribution in [0.25, 0.3) is 6.08 Å². The van der Waals surface area contributed by atoms with E-state index in [1.165, 1.54) is 25.3 Å². The molecule has 0 bridgehead atoms. The van der Waals surface area contributed by atoms with Gasteiger partial charge < -0.3 is 14.7 Å². The summed E-state index contributed by atoms with van der Waals surface area (Å²) < 4.78 is 23.7. The average Bonchev–Trinajstić information content (AvgIpc) is 2.56. The summed E-state index contributed by atoms with van der Waals surface area (Å²) in [6, 6.07) is 9.11. The van der Waals surface area contributed by atoms with E-state index in [9.17, 15) is 14.4 Å². The summed E-state index contributed by atoms with van der Waals surface area (Å²) in [6.07, 6.45) is 2.49. The standard InChI is InChI=1S/C17H16FNO4/c1-12-3-9-16(15(19(12)21)8-10-17(20)22-2)23-11-13-4-6-14(18)7-5-13/h3-10H,11H2,1-2H3/b10-8+.